The van der Waals surface area contributed by atoms with Crippen LogP contribution in [0.15, 0.2) is 54.7 Å². The van der Waals surface area contributed by atoms with Gasteiger partial charge < -0.3 is 10.7 Å². The number of pyridine rings is 1. The van der Waals surface area contributed by atoms with Crippen LogP contribution < -0.4 is 5.73 Å². The molecule has 2 heteroatoms. The fourth-order valence-electron chi connectivity index (χ4n) is 2.16. The molecule has 1 aliphatic carbocycles. The van der Waals surface area contributed by atoms with Crippen LogP contribution in [0, 0.1) is 0 Å². The molecule has 0 bridgehead atoms. The number of hydrogen-bond acceptors (Lipinski definition) is 1. The van der Waals surface area contributed by atoms with Crippen LogP contribution in [-0.2, 0) is 6.42 Å². The minimum atomic E-state index is 0.814. The van der Waals surface area contributed by atoms with Gasteiger partial charge in [0, 0.05) is 23.1 Å². The van der Waals surface area contributed by atoms with Crippen LogP contribution in [0.25, 0.3) is 11.3 Å². The molecule has 2 nitrogen and oxygen atoms in total. The minimum absolute atomic E-state index is 0.814. The highest BCUT2D eigenvalue weighted by molar-refractivity contribution is 5.66. The van der Waals surface area contributed by atoms with Gasteiger partial charge >= 0.3 is 0 Å². The van der Waals surface area contributed by atoms with E-state index in [1.807, 2.05) is 46.0 Å². The van der Waals surface area contributed by atoms with E-state index < -0.39 is 0 Å². The predicted octanol–water partition coefficient (Wildman–Crippen LogP) is 5.34. The molecule has 0 saturated carbocycles. The van der Waals surface area contributed by atoms with Crippen molar-refractivity contribution in [2.75, 3.05) is 5.73 Å². The Morgan fingerprint density at radius 3 is 2.19 bits per heavy atom. The Morgan fingerprint density at radius 2 is 1.52 bits per heavy atom. The summed E-state index contributed by atoms with van der Waals surface area (Å²) in [6.45, 7) is 8.00. The lowest BCUT2D eigenvalue weighted by Gasteiger charge is -2.08. The molecular weight excluding hydrogens is 256 g/mol. The highest BCUT2D eigenvalue weighted by Gasteiger charge is 2.07. The number of hydrogen-bond donors (Lipinski definition) is 2. The molecular formula is C19H26N2. The normalized spacial score (nSPS) is 9.33. The molecule has 3 rings (SSSR count). The summed E-state index contributed by atoms with van der Waals surface area (Å²) in [6.07, 6.45) is 2.93. The van der Waals surface area contributed by atoms with Crippen molar-refractivity contribution in [3.8, 4) is 11.3 Å². The van der Waals surface area contributed by atoms with Crippen LogP contribution in [0.2, 0.25) is 0 Å². The molecule has 112 valence electrons. The average Bonchev–Trinajstić information content (AvgIpc) is 3.03. The summed E-state index contributed by atoms with van der Waals surface area (Å²) >= 11 is 0. The number of nitrogens with two attached hydrogens (primary N) is 1. The first-order chi connectivity index (χ1) is 10.3. The number of nitrogens with one attached hydrogen (secondary N) is 1. The van der Waals surface area contributed by atoms with Gasteiger partial charge in [0.15, 0.2) is 0 Å². The van der Waals surface area contributed by atoms with Crippen molar-refractivity contribution in [3.63, 3.8) is 0 Å². The van der Waals surface area contributed by atoms with E-state index in [9.17, 15) is 0 Å². The monoisotopic (exact) mass is 282 g/mol. The maximum atomic E-state index is 5.69. The topological polar surface area (TPSA) is 41.8 Å². The Hall–Kier alpha value is -2.22. The van der Waals surface area contributed by atoms with Crippen LogP contribution in [0.4, 0.5) is 5.69 Å². The van der Waals surface area contributed by atoms with Gasteiger partial charge in [-0.3, -0.25) is 0 Å². The highest BCUT2D eigenvalue weighted by atomic mass is 14.7. The van der Waals surface area contributed by atoms with Crippen molar-refractivity contribution in [2.24, 2.45) is 0 Å². The van der Waals surface area contributed by atoms with Crippen molar-refractivity contribution >= 4 is 5.69 Å². The van der Waals surface area contributed by atoms with Crippen molar-refractivity contribution in [1.29, 1.82) is 0 Å². The van der Waals surface area contributed by atoms with Crippen LogP contribution in [0.1, 0.15) is 38.8 Å². The highest BCUT2D eigenvalue weighted by Crippen LogP contribution is 2.26. The number of benzene rings is 1. The van der Waals surface area contributed by atoms with Gasteiger partial charge in [0.2, 0.25) is 0 Å². The summed E-state index contributed by atoms with van der Waals surface area (Å²) in [5.74, 6) is 0. The Bertz CT molecular complexity index is 593. The lowest BCUT2D eigenvalue weighted by atomic mass is 10.0. The van der Waals surface area contributed by atoms with Crippen molar-refractivity contribution in [2.45, 2.75) is 34.1 Å². The lowest BCUT2D eigenvalue weighted by Crippen LogP contribution is -1.93. The molecule has 1 aromatic carbocycles. The average molecular weight is 282 g/mol. The van der Waals surface area contributed by atoms with Gasteiger partial charge in [-0.25, -0.2) is 0 Å². The predicted molar refractivity (Wildman–Crippen MR) is 93.8 cm³/mol. The molecule has 0 spiro atoms. The van der Waals surface area contributed by atoms with Crippen LogP contribution in [-0.4, -0.2) is 4.98 Å². The van der Waals surface area contributed by atoms with Gasteiger partial charge in [0.05, 0.1) is 0 Å². The molecule has 1 heterocycles. The number of aromatic amines is 1. The number of anilines is 1. The smallest absolute Gasteiger partial charge is 0.0456 e. The van der Waals surface area contributed by atoms with E-state index in [4.69, 9.17) is 5.73 Å². The summed E-state index contributed by atoms with van der Waals surface area (Å²) in [5, 5.41) is 0. The fourth-order valence-corrected chi connectivity index (χ4v) is 2.16. The zero-order valence-corrected chi connectivity index (χ0v) is 13.5. The molecule has 21 heavy (non-hydrogen) atoms. The van der Waals surface area contributed by atoms with Crippen molar-refractivity contribution in [1.82, 2.24) is 4.98 Å². The first-order valence-electron chi connectivity index (χ1n) is 7.72. The maximum absolute atomic E-state index is 5.69. The van der Waals surface area contributed by atoms with Gasteiger partial charge in [0.25, 0.3) is 0 Å². The van der Waals surface area contributed by atoms with E-state index in [0.29, 0.717) is 0 Å². The second-order valence-corrected chi connectivity index (χ2v) is 4.27. The zero-order chi connectivity index (χ0) is 15.7. The van der Waals surface area contributed by atoms with Gasteiger partial charge in [-0.05, 0) is 41.8 Å². The van der Waals surface area contributed by atoms with E-state index in [2.05, 4.69) is 41.4 Å². The molecule has 2 aliphatic rings. The Balaban J connectivity index is 0.000000510. The van der Waals surface area contributed by atoms with Gasteiger partial charge in [0.1, 0.15) is 0 Å². The minimum Gasteiger partial charge on any atom is -0.399 e. The van der Waals surface area contributed by atoms with Crippen molar-refractivity contribution in [3.05, 3.63) is 65.9 Å². The van der Waals surface area contributed by atoms with Crippen molar-refractivity contribution < 1.29 is 0 Å². The SMILES string of the molecule is CC.CC.Nc1ccc(Cc2cc[nH]c3cccc2-3)cc1. The molecule has 0 aromatic heterocycles. The molecule has 0 saturated heterocycles. The first-order valence-corrected chi connectivity index (χ1v) is 7.72. The zero-order valence-electron chi connectivity index (χ0n) is 13.5. The number of H-pyrrole nitrogens is 1. The summed E-state index contributed by atoms with van der Waals surface area (Å²) in [4.78, 5) is 3.25. The number of fused-ring (bicyclic) bond motifs is 1. The fraction of sp³-hybridized carbons (Fsp3) is 0.263. The molecule has 0 fully saturated rings. The third kappa shape index (κ3) is 4.38. The third-order valence-corrected chi connectivity index (χ3v) is 3.06. The van der Waals surface area contributed by atoms with Gasteiger partial charge in [-0.2, -0.15) is 0 Å². The van der Waals surface area contributed by atoms with Gasteiger partial charge in [-0.1, -0.05) is 52.0 Å². The molecule has 1 aromatic rings. The van der Waals surface area contributed by atoms with E-state index in [1.54, 1.807) is 0 Å². The Morgan fingerprint density at radius 1 is 0.857 bits per heavy atom. The molecule has 0 atom stereocenters. The summed E-state index contributed by atoms with van der Waals surface area (Å²) < 4.78 is 0. The Labute approximate surface area is 128 Å². The van der Waals surface area contributed by atoms with Crippen LogP contribution in [0.5, 0.6) is 0 Å². The first kappa shape index (κ1) is 16.8. The molecule has 0 amide bonds. The van der Waals surface area contributed by atoms with Crippen LogP contribution in [0.3, 0.4) is 0 Å². The van der Waals surface area contributed by atoms with E-state index >= 15 is 0 Å². The van der Waals surface area contributed by atoms with E-state index in [1.165, 1.54) is 22.4 Å². The van der Waals surface area contributed by atoms with Gasteiger partial charge in [-0.15, -0.1) is 0 Å². The van der Waals surface area contributed by atoms with Crippen LogP contribution >= 0.6 is 0 Å². The number of aromatic nitrogens is 1. The molecule has 0 radical (unpaired) electrons. The third-order valence-electron chi connectivity index (χ3n) is 3.06. The molecule has 1 aliphatic heterocycles. The maximum Gasteiger partial charge on any atom is 0.0456 e. The number of rotatable bonds is 2. The Kier molecular flexibility index (Phi) is 7.10. The second-order valence-electron chi connectivity index (χ2n) is 4.27. The summed E-state index contributed by atoms with van der Waals surface area (Å²) in [7, 11) is 0. The summed E-state index contributed by atoms with van der Waals surface area (Å²) in [5.41, 5.74) is 11.6. The number of nitrogen functional groups attached to an aromatic ring is 1. The molecule has 3 N–H and O–H groups in total. The summed E-state index contributed by atoms with van der Waals surface area (Å²) in [6, 6.07) is 16.5. The quantitative estimate of drug-likeness (QED) is 0.612. The lowest BCUT2D eigenvalue weighted by molar-refractivity contribution is 1.17. The van der Waals surface area contributed by atoms with E-state index in [0.717, 1.165) is 12.1 Å². The standard InChI is InChI=1S/C15H14N2.2C2H6/c16-13-6-4-11(5-7-13)10-12-8-9-17-15-3-1-2-14(12)15;2*1-2/h1-9,17H,10,16H2;2*1-2H3. The largest absolute Gasteiger partial charge is 0.399 e. The molecule has 0 unspecified atom stereocenters. The van der Waals surface area contributed by atoms with E-state index in [-0.39, 0.29) is 0 Å². The second kappa shape index (κ2) is 8.85.